The van der Waals surface area contributed by atoms with E-state index in [2.05, 4.69) is 26.8 Å². The number of ether oxygens (including phenoxy) is 1. The highest BCUT2D eigenvalue weighted by Gasteiger charge is 2.59. The van der Waals surface area contributed by atoms with Crippen LogP contribution in [0.15, 0.2) is 11.6 Å². The molecule has 4 rings (SSSR count). The topological polar surface area (TPSA) is 29.5 Å². The first-order valence-corrected chi connectivity index (χ1v) is 10.5. The summed E-state index contributed by atoms with van der Waals surface area (Å²) in [5.41, 5.74) is 2.37. The Morgan fingerprint density at radius 3 is 2.71 bits per heavy atom. The van der Waals surface area contributed by atoms with Gasteiger partial charge in [-0.3, -0.25) is 0 Å². The monoisotopic (exact) mass is 332 g/mol. The fourth-order valence-electron chi connectivity index (χ4n) is 7.20. The molecule has 0 bridgehead atoms. The maximum absolute atomic E-state index is 10.1. The summed E-state index contributed by atoms with van der Waals surface area (Å²) in [6, 6.07) is 0. The van der Waals surface area contributed by atoms with E-state index in [4.69, 9.17) is 4.74 Å². The summed E-state index contributed by atoms with van der Waals surface area (Å²) < 4.78 is 6.31. The van der Waals surface area contributed by atoms with E-state index in [0.29, 0.717) is 16.9 Å². The Bertz CT molecular complexity index is 512. The normalized spacial score (nSPS) is 50.7. The molecule has 3 saturated carbocycles. The Labute approximate surface area is 148 Å². The second-order valence-electron chi connectivity index (χ2n) is 9.61. The van der Waals surface area contributed by atoms with Crippen molar-refractivity contribution < 1.29 is 9.84 Å². The van der Waals surface area contributed by atoms with Crippen molar-refractivity contribution >= 4 is 0 Å². The van der Waals surface area contributed by atoms with Crippen LogP contribution in [0.3, 0.4) is 0 Å². The summed E-state index contributed by atoms with van der Waals surface area (Å²) in [5, 5.41) is 10.1. The molecule has 7 atom stereocenters. The van der Waals surface area contributed by atoms with Crippen LogP contribution in [0.2, 0.25) is 0 Å². The van der Waals surface area contributed by atoms with Crippen LogP contribution in [0.25, 0.3) is 0 Å². The second kappa shape index (κ2) is 6.13. The highest BCUT2D eigenvalue weighted by Crippen LogP contribution is 2.65. The van der Waals surface area contributed by atoms with Crippen molar-refractivity contribution in [2.45, 2.75) is 90.8 Å². The zero-order valence-corrected chi connectivity index (χ0v) is 15.9. The summed E-state index contributed by atoms with van der Waals surface area (Å²) in [6.07, 6.45) is 13.8. The minimum absolute atomic E-state index is 0.184. The van der Waals surface area contributed by atoms with Crippen LogP contribution in [0.5, 0.6) is 0 Å². The quantitative estimate of drug-likeness (QED) is 0.728. The number of hydrogen-bond donors (Lipinski definition) is 1. The van der Waals surface area contributed by atoms with Gasteiger partial charge >= 0.3 is 0 Å². The maximum Gasteiger partial charge on any atom is 0.0724 e. The van der Waals surface area contributed by atoms with Gasteiger partial charge in [-0.1, -0.05) is 32.4 Å². The molecule has 2 nitrogen and oxygen atoms in total. The van der Waals surface area contributed by atoms with Crippen LogP contribution in [0.1, 0.15) is 78.6 Å². The molecule has 4 aliphatic carbocycles. The lowest BCUT2D eigenvalue weighted by Crippen LogP contribution is -2.51. The molecule has 0 amide bonds. The molecule has 0 aromatic heterocycles. The van der Waals surface area contributed by atoms with Crippen LogP contribution in [-0.4, -0.2) is 23.9 Å². The zero-order valence-electron chi connectivity index (χ0n) is 15.9. The van der Waals surface area contributed by atoms with Crippen molar-refractivity contribution in [2.24, 2.45) is 28.6 Å². The first kappa shape index (κ1) is 17.1. The predicted octanol–water partition coefficient (Wildman–Crippen LogP) is 5.11. The van der Waals surface area contributed by atoms with Crippen LogP contribution < -0.4 is 0 Å². The van der Waals surface area contributed by atoms with E-state index in [0.717, 1.165) is 37.2 Å². The van der Waals surface area contributed by atoms with Gasteiger partial charge in [-0.05, 0) is 86.4 Å². The lowest BCUT2D eigenvalue weighted by Gasteiger charge is -2.58. The number of allylic oxidation sites excluding steroid dienone is 1. The van der Waals surface area contributed by atoms with Crippen LogP contribution in [0, 0.1) is 28.6 Å². The van der Waals surface area contributed by atoms with E-state index >= 15 is 0 Å². The molecule has 24 heavy (non-hydrogen) atoms. The summed E-state index contributed by atoms with van der Waals surface area (Å²) >= 11 is 0. The Balaban J connectivity index is 1.58. The van der Waals surface area contributed by atoms with Gasteiger partial charge in [0.1, 0.15) is 0 Å². The molecule has 3 fully saturated rings. The van der Waals surface area contributed by atoms with Crippen molar-refractivity contribution in [1.82, 2.24) is 0 Å². The van der Waals surface area contributed by atoms with E-state index in [1.165, 1.54) is 44.9 Å². The van der Waals surface area contributed by atoms with E-state index in [-0.39, 0.29) is 6.10 Å². The largest absolute Gasteiger partial charge is 0.389 e. The van der Waals surface area contributed by atoms with Gasteiger partial charge in [-0.15, -0.1) is 0 Å². The third kappa shape index (κ3) is 2.43. The van der Waals surface area contributed by atoms with Crippen molar-refractivity contribution in [3.8, 4) is 0 Å². The molecule has 1 N–H and O–H groups in total. The van der Waals surface area contributed by atoms with Gasteiger partial charge in [-0.2, -0.15) is 0 Å². The number of fused-ring (bicyclic) bond motifs is 5. The summed E-state index contributed by atoms with van der Waals surface area (Å²) in [6.45, 7) is 8.21. The van der Waals surface area contributed by atoms with Gasteiger partial charge in [0.15, 0.2) is 0 Å². The predicted molar refractivity (Wildman–Crippen MR) is 97.7 cm³/mol. The first-order chi connectivity index (χ1) is 11.5. The standard InChI is InChI=1S/C22H36O2/c1-4-13-24-20-8-7-18-17-6-5-15-14-16(23)9-11-21(15,2)19(17)10-12-22(18,20)3/h14,16-20,23H,4-13H2,1-3H3/t16-,17+,18+,19+,20-,21-,22-/m0/s1. The molecule has 0 heterocycles. The molecular weight excluding hydrogens is 296 g/mol. The zero-order chi connectivity index (χ0) is 16.9. The molecule has 0 saturated heterocycles. The summed E-state index contributed by atoms with van der Waals surface area (Å²) in [4.78, 5) is 0. The lowest BCUT2D eigenvalue weighted by molar-refractivity contribution is -0.0969. The number of aliphatic hydroxyl groups is 1. The number of aliphatic hydroxyl groups excluding tert-OH is 1. The fraction of sp³-hybridized carbons (Fsp3) is 0.909. The van der Waals surface area contributed by atoms with Crippen molar-refractivity contribution in [1.29, 1.82) is 0 Å². The average Bonchev–Trinajstić information content (AvgIpc) is 2.90. The van der Waals surface area contributed by atoms with Crippen LogP contribution in [0.4, 0.5) is 0 Å². The first-order valence-electron chi connectivity index (χ1n) is 10.5. The van der Waals surface area contributed by atoms with Gasteiger partial charge in [-0.25, -0.2) is 0 Å². The summed E-state index contributed by atoms with van der Waals surface area (Å²) in [7, 11) is 0. The van der Waals surface area contributed by atoms with E-state index < -0.39 is 0 Å². The highest BCUT2D eigenvalue weighted by atomic mass is 16.5. The lowest BCUT2D eigenvalue weighted by atomic mass is 9.47. The Hall–Kier alpha value is -0.340. The molecule has 0 aromatic rings. The molecule has 0 aromatic carbocycles. The van der Waals surface area contributed by atoms with E-state index in [1.54, 1.807) is 5.57 Å². The SMILES string of the molecule is CCCO[C@H]1CC[C@@H]2[C@H]3CCC4=C[C@@H](O)CC[C@]4(C)[C@@H]3CC[C@]12C. The van der Waals surface area contributed by atoms with E-state index in [9.17, 15) is 5.11 Å². The summed E-state index contributed by atoms with van der Waals surface area (Å²) in [5.74, 6) is 2.59. The van der Waals surface area contributed by atoms with Gasteiger partial charge in [0.25, 0.3) is 0 Å². The Kier molecular flexibility index (Phi) is 4.36. The minimum atomic E-state index is -0.184. The number of hydrogen-bond acceptors (Lipinski definition) is 2. The smallest absolute Gasteiger partial charge is 0.0724 e. The molecule has 0 unspecified atom stereocenters. The molecule has 0 spiro atoms. The van der Waals surface area contributed by atoms with Crippen molar-refractivity contribution in [3.05, 3.63) is 11.6 Å². The fourth-order valence-corrected chi connectivity index (χ4v) is 7.20. The molecule has 2 heteroatoms. The van der Waals surface area contributed by atoms with Gasteiger partial charge in [0.05, 0.1) is 12.2 Å². The van der Waals surface area contributed by atoms with E-state index in [1.807, 2.05) is 0 Å². The maximum atomic E-state index is 10.1. The Morgan fingerprint density at radius 1 is 1.08 bits per heavy atom. The third-order valence-electron chi connectivity index (χ3n) is 8.53. The highest BCUT2D eigenvalue weighted by molar-refractivity contribution is 5.25. The second-order valence-corrected chi connectivity index (χ2v) is 9.61. The van der Waals surface area contributed by atoms with Gasteiger partial charge in [0, 0.05) is 6.61 Å². The average molecular weight is 333 g/mol. The molecule has 0 radical (unpaired) electrons. The molecule has 0 aliphatic heterocycles. The van der Waals surface area contributed by atoms with Gasteiger partial charge in [0.2, 0.25) is 0 Å². The molecular formula is C22H36O2. The molecule has 136 valence electrons. The van der Waals surface area contributed by atoms with Crippen LogP contribution in [-0.2, 0) is 4.74 Å². The molecule has 4 aliphatic rings. The van der Waals surface area contributed by atoms with Crippen LogP contribution >= 0.6 is 0 Å². The minimum Gasteiger partial charge on any atom is -0.389 e. The Morgan fingerprint density at radius 2 is 1.92 bits per heavy atom. The number of rotatable bonds is 3. The van der Waals surface area contributed by atoms with Crippen molar-refractivity contribution in [2.75, 3.05) is 6.61 Å². The van der Waals surface area contributed by atoms with Gasteiger partial charge < -0.3 is 9.84 Å². The third-order valence-corrected chi connectivity index (χ3v) is 8.53. The van der Waals surface area contributed by atoms with Crippen molar-refractivity contribution in [3.63, 3.8) is 0 Å².